The minimum Gasteiger partial charge on any atom is -0.380 e. The molecule has 21 heavy (non-hydrogen) atoms. The van der Waals surface area contributed by atoms with E-state index in [2.05, 4.69) is 30.5 Å². The molecule has 0 amide bonds. The number of hydrogen-bond donors (Lipinski definition) is 1. The Kier molecular flexibility index (Phi) is 7.11. The Morgan fingerprint density at radius 1 is 0.952 bits per heavy atom. The molecular formula is C18H33N3. The predicted molar refractivity (Wildman–Crippen MR) is 90.8 cm³/mol. The minimum absolute atomic E-state index is 0.442. The fraction of sp³-hybridized carbons (Fsp3) is 0.833. The molecule has 0 spiro atoms. The largest absolute Gasteiger partial charge is 0.380 e. The lowest BCUT2D eigenvalue weighted by Gasteiger charge is -2.19. The van der Waals surface area contributed by atoms with E-state index < -0.39 is 0 Å². The SMILES string of the molecule is CC(C)n1cc(NC2CCCCCCCCCCC2)cn1. The van der Waals surface area contributed by atoms with Gasteiger partial charge in [-0.15, -0.1) is 0 Å². The molecular weight excluding hydrogens is 258 g/mol. The maximum atomic E-state index is 4.44. The van der Waals surface area contributed by atoms with Crippen LogP contribution < -0.4 is 5.32 Å². The second kappa shape index (κ2) is 9.11. The molecule has 1 aromatic heterocycles. The van der Waals surface area contributed by atoms with Crippen molar-refractivity contribution in [2.75, 3.05) is 5.32 Å². The first-order chi connectivity index (χ1) is 10.3. The summed E-state index contributed by atoms with van der Waals surface area (Å²) in [5, 5.41) is 8.16. The summed E-state index contributed by atoms with van der Waals surface area (Å²) in [5.41, 5.74) is 1.20. The monoisotopic (exact) mass is 291 g/mol. The third-order valence-corrected chi connectivity index (χ3v) is 4.61. The Labute approximate surface area is 130 Å². The molecule has 1 fully saturated rings. The van der Waals surface area contributed by atoms with E-state index in [0.29, 0.717) is 12.1 Å². The third-order valence-electron chi connectivity index (χ3n) is 4.61. The highest BCUT2D eigenvalue weighted by atomic mass is 15.3. The zero-order valence-electron chi connectivity index (χ0n) is 14.0. The first-order valence-corrected chi connectivity index (χ1v) is 9.06. The van der Waals surface area contributed by atoms with Crippen LogP contribution in [0.3, 0.4) is 0 Å². The van der Waals surface area contributed by atoms with Gasteiger partial charge in [0.15, 0.2) is 0 Å². The summed E-state index contributed by atoms with van der Waals surface area (Å²) < 4.78 is 2.04. The van der Waals surface area contributed by atoms with Gasteiger partial charge in [-0.25, -0.2) is 0 Å². The fourth-order valence-corrected chi connectivity index (χ4v) is 3.24. The maximum absolute atomic E-state index is 4.44. The minimum atomic E-state index is 0.442. The van der Waals surface area contributed by atoms with E-state index in [4.69, 9.17) is 0 Å². The molecule has 0 unspecified atom stereocenters. The molecule has 3 heteroatoms. The number of anilines is 1. The first-order valence-electron chi connectivity index (χ1n) is 9.06. The smallest absolute Gasteiger partial charge is 0.0728 e. The van der Waals surface area contributed by atoms with Crippen LogP contribution in [0.5, 0.6) is 0 Å². The van der Waals surface area contributed by atoms with E-state index in [1.54, 1.807) is 0 Å². The zero-order valence-corrected chi connectivity index (χ0v) is 14.0. The highest BCUT2D eigenvalue weighted by molar-refractivity contribution is 5.39. The fourth-order valence-electron chi connectivity index (χ4n) is 3.24. The molecule has 3 nitrogen and oxygen atoms in total. The summed E-state index contributed by atoms with van der Waals surface area (Å²) in [6.45, 7) is 4.35. The van der Waals surface area contributed by atoms with Crippen LogP contribution in [0, 0.1) is 0 Å². The van der Waals surface area contributed by atoms with Gasteiger partial charge in [0.1, 0.15) is 0 Å². The van der Waals surface area contributed by atoms with Gasteiger partial charge in [0.05, 0.1) is 11.9 Å². The van der Waals surface area contributed by atoms with Crippen molar-refractivity contribution >= 4 is 5.69 Å². The van der Waals surface area contributed by atoms with Crippen molar-refractivity contribution in [2.24, 2.45) is 0 Å². The number of nitrogens with one attached hydrogen (secondary N) is 1. The molecule has 2 rings (SSSR count). The molecule has 0 bridgehead atoms. The number of rotatable bonds is 3. The standard InChI is InChI=1S/C18H33N3/c1-16(2)21-15-18(14-19-21)20-17-12-10-8-6-4-3-5-7-9-11-13-17/h14-17,20H,3-13H2,1-2H3. The average Bonchev–Trinajstić information content (AvgIpc) is 2.90. The lowest BCUT2D eigenvalue weighted by atomic mass is 9.98. The maximum Gasteiger partial charge on any atom is 0.0728 e. The molecule has 1 aliphatic rings. The summed E-state index contributed by atoms with van der Waals surface area (Å²) in [6.07, 6.45) is 19.5. The first kappa shape index (κ1) is 16.4. The predicted octanol–water partition coefficient (Wildman–Crippen LogP) is 5.55. The van der Waals surface area contributed by atoms with Crippen molar-refractivity contribution in [1.29, 1.82) is 0 Å². The van der Waals surface area contributed by atoms with Gasteiger partial charge < -0.3 is 5.32 Å². The lowest BCUT2D eigenvalue weighted by Crippen LogP contribution is -2.19. The summed E-state index contributed by atoms with van der Waals surface area (Å²) in [4.78, 5) is 0. The molecule has 0 aliphatic heterocycles. The Balaban J connectivity index is 1.84. The van der Waals surface area contributed by atoms with Gasteiger partial charge in [0.2, 0.25) is 0 Å². The quantitative estimate of drug-likeness (QED) is 0.791. The van der Waals surface area contributed by atoms with Gasteiger partial charge >= 0.3 is 0 Å². The van der Waals surface area contributed by atoms with Crippen molar-refractivity contribution < 1.29 is 0 Å². The van der Waals surface area contributed by atoms with Crippen molar-refractivity contribution in [3.8, 4) is 0 Å². The van der Waals surface area contributed by atoms with Gasteiger partial charge in [-0.05, 0) is 26.7 Å². The Morgan fingerprint density at radius 2 is 1.48 bits per heavy atom. The summed E-state index contributed by atoms with van der Waals surface area (Å²) in [5.74, 6) is 0. The van der Waals surface area contributed by atoms with E-state index in [1.807, 2.05) is 10.9 Å². The van der Waals surface area contributed by atoms with Crippen molar-refractivity contribution in [3.63, 3.8) is 0 Å². The van der Waals surface area contributed by atoms with E-state index in [-0.39, 0.29) is 0 Å². The van der Waals surface area contributed by atoms with Gasteiger partial charge in [-0.1, -0.05) is 57.8 Å². The second-order valence-corrected chi connectivity index (χ2v) is 6.90. The summed E-state index contributed by atoms with van der Waals surface area (Å²) >= 11 is 0. The Morgan fingerprint density at radius 3 is 1.95 bits per heavy atom. The molecule has 1 aromatic rings. The van der Waals surface area contributed by atoms with Crippen LogP contribution in [-0.2, 0) is 0 Å². The van der Waals surface area contributed by atoms with E-state index in [9.17, 15) is 0 Å². The zero-order chi connectivity index (χ0) is 14.9. The van der Waals surface area contributed by atoms with Crippen LogP contribution in [0.15, 0.2) is 12.4 Å². The van der Waals surface area contributed by atoms with Crippen LogP contribution in [-0.4, -0.2) is 15.8 Å². The average molecular weight is 291 g/mol. The topological polar surface area (TPSA) is 29.9 Å². The van der Waals surface area contributed by atoms with Crippen molar-refractivity contribution in [3.05, 3.63) is 12.4 Å². The molecule has 0 aromatic carbocycles. The number of aromatic nitrogens is 2. The highest BCUT2D eigenvalue weighted by Gasteiger charge is 2.11. The molecule has 0 saturated heterocycles. The van der Waals surface area contributed by atoms with Crippen LogP contribution in [0.25, 0.3) is 0 Å². The molecule has 1 aliphatic carbocycles. The van der Waals surface area contributed by atoms with Gasteiger partial charge in [-0.3, -0.25) is 4.68 Å². The molecule has 0 radical (unpaired) electrons. The van der Waals surface area contributed by atoms with Crippen LogP contribution in [0.1, 0.15) is 90.5 Å². The van der Waals surface area contributed by atoms with E-state index >= 15 is 0 Å². The highest BCUT2D eigenvalue weighted by Crippen LogP contribution is 2.20. The summed E-state index contributed by atoms with van der Waals surface area (Å²) in [6, 6.07) is 1.08. The second-order valence-electron chi connectivity index (χ2n) is 6.90. The molecule has 1 N–H and O–H groups in total. The van der Waals surface area contributed by atoms with Crippen molar-refractivity contribution in [1.82, 2.24) is 9.78 Å². The lowest BCUT2D eigenvalue weighted by molar-refractivity contribution is 0.480. The van der Waals surface area contributed by atoms with Crippen molar-refractivity contribution in [2.45, 2.75) is 96.6 Å². The van der Waals surface area contributed by atoms with Crippen LogP contribution in [0.4, 0.5) is 5.69 Å². The van der Waals surface area contributed by atoms with Gasteiger partial charge in [0.25, 0.3) is 0 Å². The van der Waals surface area contributed by atoms with Crippen LogP contribution >= 0.6 is 0 Å². The number of hydrogen-bond acceptors (Lipinski definition) is 2. The van der Waals surface area contributed by atoms with Gasteiger partial charge in [-0.2, -0.15) is 5.10 Å². The number of nitrogens with zero attached hydrogens (tertiary/aromatic N) is 2. The van der Waals surface area contributed by atoms with Gasteiger partial charge in [0, 0.05) is 18.3 Å². The molecule has 0 atom stereocenters. The molecule has 120 valence electrons. The Hall–Kier alpha value is -0.990. The van der Waals surface area contributed by atoms with E-state index in [0.717, 1.165) is 0 Å². The third kappa shape index (κ3) is 6.11. The summed E-state index contributed by atoms with van der Waals surface area (Å²) in [7, 11) is 0. The van der Waals surface area contributed by atoms with Crippen LogP contribution in [0.2, 0.25) is 0 Å². The molecule has 1 saturated carbocycles. The van der Waals surface area contributed by atoms with E-state index in [1.165, 1.54) is 76.3 Å². The normalized spacial score (nSPS) is 20.0. The molecule has 1 heterocycles. The Bertz CT molecular complexity index is 372.